The van der Waals surface area contributed by atoms with E-state index in [9.17, 15) is 4.79 Å². The Morgan fingerprint density at radius 1 is 1.47 bits per heavy atom. The van der Waals surface area contributed by atoms with Crippen LogP contribution in [0.5, 0.6) is 0 Å². The van der Waals surface area contributed by atoms with Crippen molar-refractivity contribution in [1.82, 2.24) is 9.88 Å². The molecule has 0 atom stereocenters. The van der Waals surface area contributed by atoms with E-state index >= 15 is 0 Å². The van der Waals surface area contributed by atoms with Crippen LogP contribution in [0.4, 0.5) is 4.79 Å². The molecule has 0 unspecified atom stereocenters. The van der Waals surface area contributed by atoms with Gasteiger partial charge in [-0.25, -0.2) is 4.79 Å². The zero-order chi connectivity index (χ0) is 14.0. The molecule has 4 nitrogen and oxygen atoms in total. The standard InChI is InChI=1S/C15H20N2O2/c1-5-12-7-6-11-8-9-17(10-13(11)16-12)14(18)19-15(2,3)4/h5-7H,1,8-10H2,2-4H3. The summed E-state index contributed by atoms with van der Waals surface area (Å²) >= 11 is 0. The number of hydrogen-bond donors (Lipinski definition) is 0. The van der Waals surface area contributed by atoms with Crippen molar-refractivity contribution < 1.29 is 9.53 Å². The van der Waals surface area contributed by atoms with Gasteiger partial charge < -0.3 is 9.64 Å². The Balaban J connectivity index is 2.12. The summed E-state index contributed by atoms with van der Waals surface area (Å²) in [6.07, 6.45) is 2.26. The van der Waals surface area contributed by atoms with Gasteiger partial charge in [-0.15, -0.1) is 0 Å². The second-order valence-electron chi connectivity index (χ2n) is 5.70. The molecule has 0 aliphatic carbocycles. The van der Waals surface area contributed by atoms with Crippen LogP contribution in [0.25, 0.3) is 6.08 Å². The normalized spacial score (nSPS) is 14.8. The summed E-state index contributed by atoms with van der Waals surface area (Å²) in [5, 5.41) is 0. The number of hydrogen-bond acceptors (Lipinski definition) is 3. The topological polar surface area (TPSA) is 42.4 Å². The molecule has 4 heteroatoms. The van der Waals surface area contributed by atoms with Gasteiger partial charge in [-0.3, -0.25) is 4.98 Å². The average Bonchev–Trinajstić information content (AvgIpc) is 2.35. The van der Waals surface area contributed by atoms with E-state index in [1.165, 1.54) is 5.56 Å². The van der Waals surface area contributed by atoms with Crippen molar-refractivity contribution in [3.05, 3.63) is 35.7 Å². The van der Waals surface area contributed by atoms with Crippen LogP contribution in [-0.4, -0.2) is 28.1 Å². The minimum atomic E-state index is -0.465. The van der Waals surface area contributed by atoms with E-state index in [1.54, 1.807) is 11.0 Å². The first-order valence-electron chi connectivity index (χ1n) is 6.48. The van der Waals surface area contributed by atoms with Crippen molar-refractivity contribution in [3.8, 4) is 0 Å². The Morgan fingerprint density at radius 2 is 2.21 bits per heavy atom. The number of nitrogens with zero attached hydrogens (tertiary/aromatic N) is 2. The zero-order valence-corrected chi connectivity index (χ0v) is 11.8. The van der Waals surface area contributed by atoms with Crippen molar-refractivity contribution in [2.75, 3.05) is 6.54 Å². The van der Waals surface area contributed by atoms with Crippen LogP contribution in [0.1, 0.15) is 37.7 Å². The SMILES string of the molecule is C=Cc1ccc2c(n1)CN(C(=O)OC(C)(C)C)CC2. The summed E-state index contributed by atoms with van der Waals surface area (Å²) in [5.74, 6) is 0. The van der Waals surface area contributed by atoms with Crippen molar-refractivity contribution in [1.29, 1.82) is 0 Å². The Hall–Kier alpha value is -1.84. The number of carbonyl (C=O) groups excluding carboxylic acids is 1. The number of aromatic nitrogens is 1. The summed E-state index contributed by atoms with van der Waals surface area (Å²) in [6, 6.07) is 4.01. The molecule has 0 saturated heterocycles. The van der Waals surface area contributed by atoms with Crippen LogP contribution in [0, 0.1) is 0 Å². The Kier molecular flexibility index (Phi) is 3.60. The molecule has 2 rings (SSSR count). The largest absolute Gasteiger partial charge is 0.444 e. The van der Waals surface area contributed by atoms with Gasteiger partial charge in [-0.1, -0.05) is 12.6 Å². The molecule has 1 aromatic heterocycles. The number of fused-ring (bicyclic) bond motifs is 1. The molecule has 0 saturated carbocycles. The lowest BCUT2D eigenvalue weighted by molar-refractivity contribution is 0.0221. The summed E-state index contributed by atoms with van der Waals surface area (Å²) in [5.41, 5.74) is 2.51. The molecule has 0 radical (unpaired) electrons. The minimum absolute atomic E-state index is 0.274. The Labute approximate surface area is 114 Å². The summed E-state index contributed by atoms with van der Waals surface area (Å²) in [6.45, 7) is 10.5. The van der Waals surface area contributed by atoms with Crippen LogP contribution in [0.3, 0.4) is 0 Å². The first kappa shape index (κ1) is 13.6. The van der Waals surface area contributed by atoms with Crippen LogP contribution < -0.4 is 0 Å². The predicted molar refractivity (Wildman–Crippen MR) is 74.7 cm³/mol. The molecule has 0 N–H and O–H groups in total. The molecule has 1 amide bonds. The minimum Gasteiger partial charge on any atom is -0.444 e. The van der Waals surface area contributed by atoms with E-state index in [2.05, 4.69) is 17.6 Å². The maximum Gasteiger partial charge on any atom is 0.410 e. The number of ether oxygens (including phenoxy) is 1. The first-order chi connectivity index (χ1) is 8.89. The second-order valence-corrected chi connectivity index (χ2v) is 5.70. The molecule has 1 aromatic rings. The maximum atomic E-state index is 12.0. The molecule has 0 fully saturated rings. The smallest absolute Gasteiger partial charge is 0.410 e. The third-order valence-electron chi connectivity index (χ3n) is 2.94. The third kappa shape index (κ3) is 3.34. The molecule has 0 spiro atoms. The lowest BCUT2D eigenvalue weighted by Gasteiger charge is -2.30. The molecule has 19 heavy (non-hydrogen) atoms. The van der Waals surface area contributed by atoms with Gasteiger partial charge in [-0.05, 0) is 44.9 Å². The second kappa shape index (κ2) is 5.03. The fraction of sp³-hybridized carbons (Fsp3) is 0.467. The van der Waals surface area contributed by atoms with Crippen LogP contribution in [0.15, 0.2) is 18.7 Å². The predicted octanol–water partition coefficient (Wildman–Crippen LogP) is 3.02. The first-order valence-corrected chi connectivity index (χ1v) is 6.48. The van der Waals surface area contributed by atoms with Crippen molar-refractivity contribution in [2.45, 2.75) is 39.3 Å². The number of carbonyl (C=O) groups is 1. The lowest BCUT2D eigenvalue weighted by atomic mass is 10.0. The highest BCUT2D eigenvalue weighted by Crippen LogP contribution is 2.20. The van der Waals surface area contributed by atoms with Crippen LogP contribution >= 0.6 is 0 Å². The highest BCUT2D eigenvalue weighted by molar-refractivity contribution is 5.68. The van der Waals surface area contributed by atoms with E-state index < -0.39 is 5.60 Å². The quantitative estimate of drug-likeness (QED) is 0.779. The maximum absolute atomic E-state index is 12.0. The number of amides is 1. The van der Waals surface area contributed by atoms with Crippen molar-refractivity contribution >= 4 is 12.2 Å². The Bertz CT molecular complexity index is 503. The van der Waals surface area contributed by atoms with E-state index in [0.29, 0.717) is 13.1 Å². The molecule has 0 aromatic carbocycles. The number of pyridine rings is 1. The zero-order valence-electron chi connectivity index (χ0n) is 11.8. The van der Waals surface area contributed by atoms with E-state index in [-0.39, 0.29) is 6.09 Å². The molecule has 102 valence electrons. The van der Waals surface area contributed by atoms with Crippen molar-refractivity contribution in [3.63, 3.8) is 0 Å². The van der Waals surface area contributed by atoms with Gasteiger partial charge in [0.05, 0.1) is 17.9 Å². The number of rotatable bonds is 1. The summed E-state index contributed by atoms with van der Waals surface area (Å²) in [4.78, 5) is 18.2. The summed E-state index contributed by atoms with van der Waals surface area (Å²) < 4.78 is 5.39. The highest BCUT2D eigenvalue weighted by atomic mass is 16.6. The van der Waals surface area contributed by atoms with Gasteiger partial charge in [0, 0.05) is 6.54 Å². The third-order valence-corrected chi connectivity index (χ3v) is 2.94. The summed E-state index contributed by atoms with van der Waals surface area (Å²) in [7, 11) is 0. The van der Waals surface area contributed by atoms with Crippen LogP contribution in [0.2, 0.25) is 0 Å². The van der Waals surface area contributed by atoms with E-state index in [1.807, 2.05) is 26.8 Å². The van der Waals surface area contributed by atoms with Gasteiger partial charge in [0.1, 0.15) is 5.60 Å². The van der Waals surface area contributed by atoms with Crippen molar-refractivity contribution in [2.24, 2.45) is 0 Å². The lowest BCUT2D eigenvalue weighted by Crippen LogP contribution is -2.40. The molecule has 2 heterocycles. The van der Waals surface area contributed by atoms with Gasteiger partial charge >= 0.3 is 6.09 Å². The van der Waals surface area contributed by atoms with Gasteiger partial charge in [0.2, 0.25) is 0 Å². The molecule has 1 aliphatic rings. The monoisotopic (exact) mass is 260 g/mol. The highest BCUT2D eigenvalue weighted by Gasteiger charge is 2.26. The van der Waals surface area contributed by atoms with Crippen LogP contribution in [-0.2, 0) is 17.7 Å². The van der Waals surface area contributed by atoms with E-state index in [0.717, 1.165) is 17.8 Å². The fourth-order valence-corrected chi connectivity index (χ4v) is 2.02. The Morgan fingerprint density at radius 3 is 2.84 bits per heavy atom. The fourth-order valence-electron chi connectivity index (χ4n) is 2.02. The average molecular weight is 260 g/mol. The molecule has 0 bridgehead atoms. The molecule has 1 aliphatic heterocycles. The molecular formula is C15H20N2O2. The van der Waals surface area contributed by atoms with Gasteiger partial charge in [0.25, 0.3) is 0 Å². The van der Waals surface area contributed by atoms with Gasteiger partial charge in [0.15, 0.2) is 0 Å². The van der Waals surface area contributed by atoms with Gasteiger partial charge in [-0.2, -0.15) is 0 Å². The molecular weight excluding hydrogens is 240 g/mol. The van der Waals surface area contributed by atoms with E-state index in [4.69, 9.17) is 4.74 Å².